The second kappa shape index (κ2) is 5.92. The second-order valence-electron chi connectivity index (χ2n) is 5.26. The summed E-state index contributed by atoms with van der Waals surface area (Å²) in [6, 6.07) is 0. The molecule has 1 aromatic rings. The fourth-order valence-corrected chi connectivity index (χ4v) is 1.79. The Morgan fingerprint density at radius 2 is 2.05 bits per heavy atom. The maximum Gasteiger partial charge on any atom is 0.330 e. The first-order valence-corrected chi connectivity index (χ1v) is 6.29. The molecule has 0 radical (unpaired) electrons. The molecule has 0 fully saturated rings. The summed E-state index contributed by atoms with van der Waals surface area (Å²) in [5.74, 6) is 0.135. The highest BCUT2D eigenvalue weighted by Crippen LogP contribution is 2.21. The van der Waals surface area contributed by atoms with E-state index in [0.29, 0.717) is 19.5 Å². The minimum Gasteiger partial charge on any atom is -0.396 e. The van der Waals surface area contributed by atoms with Gasteiger partial charge in [-0.25, -0.2) is 4.79 Å². The van der Waals surface area contributed by atoms with Crippen molar-refractivity contribution in [3.63, 3.8) is 0 Å². The maximum atomic E-state index is 11.7. The molecule has 0 amide bonds. The van der Waals surface area contributed by atoms with Crippen molar-refractivity contribution < 1.29 is 5.11 Å². The van der Waals surface area contributed by atoms with E-state index in [-0.39, 0.29) is 23.5 Å². The quantitative estimate of drug-likeness (QED) is 0.579. The Kier molecular flexibility index (Phi) is 4.77. The first-order valence-electron chi connectivity index (χ1n) is 6.29. The second-order valence-corrected chi connectivity index (χ2v) is 5.26. The lowest BCUT2D eigenvalue weighted by Crippen LogP contribution is -2.35. The first-order chi connectivity index (χ1) is 8.82. The van der Waals surface area contributed by atoms with Gasteiger partial charge >= 0.3 is 5.69 Å². The molecule has 1 rings (SSSR count). The SMILES string of the molecule is CCn1c(N)c(NCC(C)(C)CCO)c(=O)[nH]c1=O. The number of aromatic amines is 1. The van der Waals surface area contributed by atoms with Crippen LogP contribution < -0.4 is 22.3 Å². The van der Waals surface area contributed by atoms with E-state index in [4.69, 9.17) is 10.8 Å². The zero-order valence-electron chi connectivity index (χ0n) is 11.6. The van der Waals surface area contributed by atoms with Crippen LogP contribution >= 0.6 is 0 Å². The number of anilines is 2. The molecule has 108 valence electrons. The smallest absolute Gasteiger partial charge is 0.330 e. The van der Waals surface area contributed by atoms with Crippen LogP contribution in [0.3, 0.4) is 0 Å². The number of nitrogens with two attached hydrogens (primary N) is 1. The summed E-state index contributed by atoms with van der Waals surface area (Å²) >= 11 is 0. The highest BCUT2D eigenvalue weighted by Gasteiger charge is 2.19. The average Bonchev–Trinajstić information content (AvgIpc) is 2.28. The van der Waals surface area contributed by atoms with Crippen molar-refractivity contribution in [2.24, 2.45) is 5.41 Å². The van der Waals surface area contributed by atoms with Crippen LogP contribution in [-0.2, 0) is 6.54 Å². The monoisotopic (exact) mass is 270 g/mol. The van der Waals surface area contributed by atoms with Crippen LogP contribution in [0.15, 0.2) is 9.59 Å². The summed E-state index contributed by atoms with van der Waals surface area (Å²) in [6.45, 7) is 6.65. The summed E-state index contributed by atoms with van der Waals surface area (Å²) in [6.07, 6.45) is 0.602. The third-order valence-corrected chi connectivity index (χ3v) is 3.09. The third-order valence-electron chi connectivity index (χ3n) is 3.09. The van der Waals surface area contributed by atoms with Crippen molar-refractivity contribution in [2.75, 3.05) is 24.2 Å². The van der Waals surface area contributed by atoms with Gasteiger partial charge in [-0.2, -0.15) is 0 Å². The largest absolute Gasteiger partial charge is 0.396 e. The van der Waals surface area contributed by atoms with E-state index < -0.39 is 11.2 Å². The standard InChI is InChI=1S/C12H22N4O3/c1-4-16-9(13)8(10(18)15-11(16)19)14-7-12(2,3)5-6-17/h14,17H,4-7,13H2,1-3H3,(H,15,18,19). The minimum absolute atomic E-state index is 0.0784. The van der Waals surface area contributed by atoms with E-state index in [2.05, 4.69) is 10.3 Å². The number of nitrogen functional groups attached to an aromatic ring is 1. The van der Waals surface area contributed by atoms with Gasteiger partial charge in [0.1, 0.15) is 11.5 Å². The number of nitrogens with one attached hydrogen (secondary N) is 2. The Morgan fingerprint density at radius 3 is 2.58 bits per heavy atom. The predicted octanol–water partition coefficient (Wildman–Crippen LogP) is -0.0408. The van der Waals surface area contributed by atoms with Gasteiger partial charge in [0.15, 0.2) is 0 Å². The summed E-state index contributed by atoms with van der Waals surface area (Å²) in [5, 5.41) is 11.9. The van der Waals surface area contributed by atoms with Gasteiger partial charge in [-0.05, 0) is 18.8 Å². The van der Waals surface area contributed by atoms with Gasteiger partial charge < -0.3 is 16.2 Å². The Balaban J connectivity index is 3.03. The van der Waals surface area contributed by atoms with E-state index >= 15 is 0 Å². The van der Waals surface area contributed by atoms with Crippen LogP contribution in [0, 0.1) is 5.41 Å². The van der Waals surface area contributed by atoms with Gasteiger partial charge in [-0.1, -0.05) is 13.8 Å². The highest BCUT2D eigenvalue weighted by molar-refractivity contribution is 5.60. The number of hydrogen-bond donors (Lipinski definition) is 4. The zero-order chi connectivity index (χ0) is 14.6. The highest BCUT2D eigenvalue weighted by atomic mass is 16.3. The Hall–Kier alpha value is -1.76. The van der Waals surface area contributed by atoms with Crippen molar-refractivity contribution in [1.29, 1.82) is 0 Å². The molecular formula is C12H22N4O3. The van der Waals surface area contributed by atoms with E-state index in [1.807, 2.05) is 13.8 Å². The third kappa shape index (κ3) is 3.60. The number of nitrogens with zero attached hydrogens (tertiary/aromatic N) is 1. The van der Waals surface area contributed by atoms with Crippen molar-refractivity contribution in [2.45, 2.75) is 33.7 Å². The number of aromatic nitrogens is 2. The molecule has 19 heavy (non-hydrogen) atoms. The number of aliphatic hydroxyl groups excluding tert-OH is 1. The molecule has 0 aliphatic carbocycles. The molecule has 7 nitrogen and oxygen atoms in total. The van der Waals surface area contributed by atoms with Crippen LogP contribution in [0.4, 0.5) is 11.5 Å². The minimum atomic E-state index is -0.521. The van der Waals surface area contributed by atoms with Crippen LogP contribution in [0.5, 0.6) is 0 Å². The molecule has 0 unspecified atom stereocenters. The van der Waals surface area contributed by atoms with Gasteiger partial charge in [-0.3, -0.25) is 14.3 Å². The normalized spacial score (nSPS) is 11.6. The van der Waals surface area contributed by atoms with E-state index in [1.54, 1.807) is 6.92 Å². The lowest BCUT2D eigenvalue weighted by molar-refractivity contribution is 0.220. The molecule has 5 N–H and O–H groups in total. The number of aliphatic hydroxyl groups is 1. The number of hydrogen-bond acceptors (Lipinski definition) is 5. The lowest BCUT2D eigenvalue weighted by Gasteiger charge is -2.24. The molecule has 1 heterocycles. The molecule has 0 saturated heterocycles. The molecular weight excluding hydrogens is 248 g/mol. The van der Waals surface area contributed by atoms with Crippen LogP contribution in [-0.4, -0.2) is 27.8 Å². The van der Waals surface area contributed by atoms with Crippen LogP contribution in [0.2, 0.25) is 0 Å². The molecule has 0 aliphatic heterocycles. The molecule has 0 saturated carbocycles. The summed E-state index contributed by atoms with van der Waals surface area (Å²) < 4.78 is 1.29. The predicted molar refractivity (Wildman–Crippen MR) is 75.4 cm³/mol. The van der Waals surface area contributed by atoms with Gasteiger partial charge in [0.2, 0.25) is 0 Å². The lowest BCUT2D eigenvalue weighted by atomic mass is 9.90. The Labute approximate surface area is 111 Å². The molecule has 1 aromatic heterocycles. The van der Waals surface area contributed by atoms with Gasteiger partial charge in [0.25, 0.3) is 5.56 Å². The van der Waals surface area contributed by atoms with Crippen molar-refractivity contribution >= 4 is 11.5 Å². The zero-order valence-corrected chi connectivity index (χ0v) is 11.6. The van der Waals surface area contributed by atoms with E-state index in [9.17, 15) is 9.59 Å². The Bertz CT molecular complexity index is 545. The molecule has 0 aromatic carbocycles. The maximum absolute atomic E-state index is 11.7. The van der Waals surface area contributed by atoms with Crippen LogP contribution in [0.25, 0.3) is 0 Å². The van der Waals surface area contributed by atoms with Gasteiger partial charge in [-0.15, -0.1) is 0 Å². The summed E-state index contributed by atoms with van der Waals surface area (Å²) in [5.41, 5.74) is 4.82. The van der Waals surface area contributed by atoms with Crippen LogP contribution in [0.1, 0.15) is 27.2 Å². The number of rotatable bonds is 6. The first kappa shape index (κ1) is 15.3. The van der Waals surface area contributed by atoms with Gasteiger partial charge in [0, 0.05) is 19.7 Å². The van der Waals surface area contributed by atoms with E-state index in [1.165, 1.54) is 4.57 Å². The topological polar surface area (TPSA) is 113 Å². The molecule has 7 heteroatoms. The molecule has 0 atom stereocenters. The van der Waals surface area contributed by atoms with Crippen molar-refractivity contribution in [3.8, 4) is 0 Å². The fraction of sp³-hybridized carbons (Fsp3) is 0.667. The molecule has 0 aliphatic rings. The summed E-state index contributed by atoms with van der Waals surface area (Å²) in [7, 11) is 0. The average molecular weight is 270 g/mol. The van der Waals surface area contributed by atoms with Crippen molar-refractivity contribution in [1.82, 2.24) is 9.55 Å². The fourth-order valence-electron chi connectivity index (χ4n) is 1.79. The Morgan fingerprint density at radius 1 is 1.42 bits per heavy atom. The molecule has 0 spiro atoms. The number of H-pyrrole nitrogens is 1. The molecule has 0 bridgehead atoms. The van der Waals surface area contributed by atoms with E-state index in [0.717, 1.165) is 0 Å². The van der Waals surface area contributed by atoms with Crippen molar-refractivity contribution in [3.05, 3.63) is 20.8 Å². The summed E-state index contributed by atoms with van der Waals surface area (Å²) in [4.78, 5) is 25.5. The van der Waals surface area contributed by atoms with Gasteiger partial charge in [0.05, 0.1) is 0 Å².